The number of ether oxygens (including phenoxy) is 4. The van der Waals surface area contributed by atoms with Crippen molar-refractivity contribution in [1.29, 1.82) is 0 Å². The number of esters is 4. The molecule has 5 unspecified atom stereocenters. The van der Waals surface area contributed by atoms with Crippen LogP contribution in [0.15, 0.2) is 146 Å². The molecule has 0 aromatic carbocycles. The number of phosphoric ester groups is 2. The number of aliphatic hydroxyl groups excluding tert-OH is 1. The van der Waals surface area contributed by atoms with E-state index in [9.17, 15) is 43.2 Å². The summed E-state index contributed by atoms with van der Waals surface area (Å²) in [5.41, 5.74) is 0. The van der Waals surface area contributed by atoms with Crippen LogP contribution in [0.5, 0.6) is 0 Å². The van der Waals surface area contributed by atoms with Crippen LogP contribution >= 0.6 is 15.6 Å². The molecule has 17 nitrogen and oxygen atoms in total. The third-order valence-electron chi connectivity index (χ3n) is 15.3. The first kappa shape index (κ1) is 94.9. The second kappa shape index (κ2) is 72.3. The topological polar surface area (TPSA) is 237 Å². The predicted octanol–water partition coefficient (Wildman–Crippen LogP) is 21.9. The van der Waals surface area contributed by atoms with Gasteiger partial charge in [-0.05, 0) is 128 Å². The summed E-state index contributed by atoms with van der Waals surface area (Å²) in [7, 11) is -9.99. The van der Waals surface area contributed by atoms with Gasteiger partial charge in [-0.15, -0.1) is 0 Å². The smallest absolute Gasteiger partial charge is 0.462 e. The maximum atomic E-state index is 13.1. The molecule has 0 rings (SSSR count). The summed E-state index contributed by atoms with van der Waals surface area (Å²) in [6, 6.07) is 0. The van der Waals surface area contributed by atoms with Gasteiger partial charge in [-0.2, -0.15) is 0 Å². The molecule has 0 heterocycles. The number of allylic oxidation sites excluding steroid dienone is 24. The summed E-state index contributed by atoms with van der Waals surface area (Å²) >= 11 is 0. The fourth-order valence-electron chi connectivity index (χ4n) is 9.57. The maximum absolute atomic E-state index is 13.1. The molecule has 100 heavy (non-hydrogen) atoms. The summed E-state index contributed by atoms with van der Waals surface area (Å²) in [6.45, 7) is 4.45. The molecule has 19 heteroatoms. The third-order valence-corrected chi connectivity index (χ3v) is 17.2. The van der Waals surface area contributed by atoms with Crippen LogP contribution in [-0.2, 0) is 65.4 Å². The molecule has 0 saturated heterocycles. The van der Waals surface area contributed by atoms with Gasteiger partial charge in [0.25, 0.3) is 0 Å². The highest BCUT2D eigenvalue weighted by atomic mass is 31.2. The van der Waals surface area contributed by atoms with E-state index in [1.54, 1.807) is 0 Å². The third kappa shape index (κ3) is 71.3. The van der Waals surface area contributed by atoms with E-state index < -0.39 is 97.5 Å². The van der Waals surface area contributed by atoms with Crippen molar-refractivity contribution in [2.75, 3.05) is 39.6 Å². The number of rotatable bonds is 70. The zero-order valence-corrected chi connectivity index (χ0v) is 63.9. The standard InChI is InChI=1S/C81H134O17P2/c1-5-9-13-17-21-25-29-32-34-36-37-39-41-44-47-50-54-58-62-66-78(83)91-71-76(97-80(85)67-63-59-55-51-45-28-24-20-16-12-8-4)73-95-99(87,88)93-69-75(82)70-94-100(89,90)96-74-77(98-81(86)68-64-60-56-52-48-42-31-27-23-19-15-11-7-3)72-92-79(84)65-61-57-53-49-46-43-40-38-35-33-30-26-22-18-14-10-6-2/h9-10,13-14,21-22,25-27,31-35,37,39-40,43-44,47,49,53-54,58,75-77,82H,5-8,11-12,15-20,23-24,28-30,36,38,41-42,45-46,48,50-52,55-57,59-74H2,1-4H3,(H,87,88)(H,89,90)/b13-9-,14-10-,25-21-,26-22-,31-27-,34-32-,35-33-,39-37-,43-40-,47-44-,53-49-,58-54-. The van der Waals surface area contributed by atoms with E-state index in [2.05, 4.69) is 143 Å². The SMILES string of the molecule is CC/C=C\C/C=C\C/C=C\C/C=C\C/C=C\C/C=C\CCC(=O)OCC(COP(=O)(O)OCC(O)COP(=O)(O)OCC(COC(=O)CCC/C=C\C/C=C\C/C=C\C/C=C\C/C=C\CC)OC(=O)CCCCCCC/C=C\CCCCCC)OC(=O)CCCCCCCCCCCCC. The minimum absolute atomic E-state index is 0.0331. The van der Waals surface area contributed by atoms with Gasteiger partial charge in [0.15, 0.2) is 12.2 Å². The van der Waals surface area contributed by atoms with Crippen molar-refractivity contribution in [3.8, 4) is 0 Å². The maximum Gasteiger partial charge on any atom is 0.472 e. The molecular formula is C81H134O17P2. The molecule has 0 aliphatic heterocycles. The number of unbranched alkanes of at least 4 members (excludes halogenated alkanes) is 20. The minimum Gasteiger partial charge on any atom is -0.462 e. The van der Waals surface area contributed by atoms with Gasteiger partial charge in [-0.25, -0.2) is 9.13 Å². The Morgan fingerprint density at radius 2 is 0.550 bits per heavy atom. The predicted molar refractivity (Wildman–Crippen MR) is 408 cm³/mol. The van der Waals surface area contributed by atoms with E-state index in [-0.39, 0.29) is 25.7 Å². The van der Waals surface area contributed by atoms with Gasteiger partial charge < -0.3 is 33.8 Å². The van der Waals surface area contributed by atoms with Gasteiger partial charge in [0, 0.05) is 25.7 Å². The van der Waals surface area contributed by atoms with Crippen molar-refractivity contribution in [3.05, 3.63) is 146 Å². The molecule has 0 aromatic heterocycles. The molecule has 0 bridgehead atoms. The summed E-state index contributed by atoms with van der Waals surface area (Å²) in [5, 5.41) is 10.6. The van der Waals surface area contributed by atoms with Crippen LogP contribution in [0.2, 0.25) is 0 Å². The largest absolute Gasteiger partial charge is 0.472 e. The Labute approximate surface area is 605 Å². The van der Waals surface area contributed by atoms with E-state index in [0.29, 0.717) is 38.5 Å². The van der Waals surface area contributed by atoms with Gasteiger partial charge in [-0.1, -0.05) is 276 Å². The summed E-state index contributed by atoms with van der Waals surface area (Å²) < 4.78 is 68.3. The fourth-order valence-corrected chi connectivity index (χ4v) is 11.1. The number of hydrogen-bond donors (Lipinski definition) is 3. The van der Waals surface area contributed by atoms with Crippen LogP contribution in [0, 0.1) is 0 Å². The van der Waals surface area contributed by atoms with Crippen molar-refractivity contribution >= 4 is 39.5 Å². The molecule has 3 N–H and O–H groups in total. The molecule has 5 atom stereocenters. The second-order valence-corrected chi connectivity index (χ2v) is 27.7. The Morgan fingerprint density at radius 1 is 0.290 bits per heavy atom. The Kier molecular flexibility index (Phi) is 68.6. The quantitative estimate of drug-likeness (QED) is 0.0169. The Bertz CT molecular complexity index is 2470. The lowest BCUT2D eigenvalue weighted by Crippen LogP contribution is -2.30. The number of phosphoric acid groups is 2. The summed E-state index contributed by atoms with van der Waals surface area (Å²) in [4.78, 5) is 72.7. The first-order valence-electron chi connectivity index (χ1n) is 38.1. The highest BCUT2D eigenvalue weighted by Crippen LogP contribution is 2.45. The van der Waals surface area contributed by atoms with Crippen LogP contribution < -0.4 is 0 Å². The van der Waals surface area contributed by atoms with Gasteiger partial charge in [-0.3, -0.25) is 37.3 Å². The van der Waals surface area contributed by atoms with E-state index in [0.717, 1.165) is 128 Å². The first-order valence-corrected chi connectivity index (χ1v) is 41.1. The van der Waals surface area contributed by atoms with Crippen molar-refractivity contribution in [1.82, 2.24) is 0 Å². The van der Waals surface area contributed by atoms with Crippen LogP contribution in [0.1, 0.15) is 285 Å². The molecule has 0 fully saturated rings. The Hall–Kier alpha value is -5.06. The first-order chi connectivity index (χ1) is 48.7. The summed E-state index contributed by atoms with van der Waals surface area (Å²) in [6.07, 6.45) is 81.5. The van der Waals surface area contributed by atoms with Gasteiger partial charge in [0.2, 0.25) is 0 Å². The van der Waals surface area contributed by atoms with E-state index in [4.69, 9.17) is 37.0 Å². The normalized spacial score (nSPS) is 14.8. The molecule has 0 aliphatic rings. The van der Waals surface area contributed by atoms with Crippen molar-refractivity contribution in [2.24, 2.45) is 0 Å². The number of hydrogen-bond acceptors (Lipinski definition) is 15. The molecular weight excluding hydrogens is 1310 g/mol. The van der Waals surface area contributed by atoms with Crippen molar-refractivity contribution < 1.29 is 80.2 Å². The lowest BCUT2D eigenvalue weighted by atomic mass is 10.1. The second-order valence-electron chi connectivity index (χ2n) is 24.8. The highest BCUT2D eigenvalue weighted by Gasteiger charge is 2.30. The van der Waals surface area contributed by atoms with Crippen LogP contribution in [0.3, 0.4) is 0 Å². The Morgan fingerprint density at radius 3 is 0.910 bits per heavy atom. The average Bonchev–Trinajstić information content (AvgIpc) is 1.02. The minimum atomic E-state index is -4.99. The van der Waals surface area contributed by atoms with Crippen LogP contribution in [0.25, 0.3) is 0 Å². The lowest BCUT2D eigenvalue weighted by Gasteiger charge is -2.21. The number of carbonyl (C=O) groups excluding carboxylic acids is 4. The van der Waals surface area contributed by atoms with Gasteiger partial charge in [0.05, 0.1) is 26.4 Å². The van der Waals surface area contributed by atoms with E-state index >= 15 is 0 Å². The molecule has 0 amide bonds. The average molecular weight is 1440 g/mol. The number of carbonyl (C=O) groups is 4. The van der Waals surface area contributed by atoms with Crippen molar-refractivity contribution in [3.63, 3.8) is 0 Å². The Balaban J connectivity index is 5.43. The molecule has 570 valence electrons. The van der Waals surface area contributed by atoms with Crippen LogP contribution in [0.4, 0.5) is 0 Å². The number of aliphatic hydroxyl groups is 1. The zero-order chi connectivity index (χ0) is 73.2. The fraction of sp³-hybridized carbons (Fsp3) is 0.654. The van der Waals surface area contributed by atoms with E-state index in [1.165, 1.54) is 64.2 Å². The molecule has 0 saturated carbocycles. The lowest BCUT2D eigenvalue weighted by molar-refractivity contribution is -0.161. The highest BCUT2D eigenvalue weighted by molar-refractivity contribution is 7.47. The monoisotopic (exact) mass is 1440 g/mol. The van der Waals surface area contributed by atoms with Gasteiger partial charge in [0.1, 0.15) is 19.3 Å². The van der Waals surface area contributed by atoms with E-state index in [1.807, 2.05) is 30.4 Å². The molecule has 0 radical (unpaired) electrons. The molecule has 0 aromatic rings. The molecule has 0 aliphatic carbocycles. The molecule has 0 spiro atoms. The van der Waals surface area contributed by atoms with Gasteiger partial charge >= 0.3 is 39.5 Å². The zero-order valence-electron chi connectivity index (χ0n) is 62.1. The van der Waals surface area contributed by atoms with Crippen LogP contribution in [-0.4, -0.2) is 96.7 Å². The van der Waals surface area contributed by atoms with Crippen molar-refractivity contribution in [2.45, 2.75) is 303 Å². The summed E-state index contributed by atoms with van der Waals surface area (Å²) in [5.74, 6) is -2.35.